The van der Waals surface area contributed by atoms with E-state index in [-0.39, 0.29) is 11.4 Å². The number of piperidine rings is 1. The van der Waals surface area contributed by atoms with E-state index in [4.69, 9.17) is 0 Å². The lowest BCUT2D eigenvalue weighted by molar-refractivity contribution is -0.137. The van der Waals surface area contributed by atoms with Crippen molar-refractivity contribution in [1.82, 2.24) is 15.2 Å². The van der Waals surface area contributed by atoms with Gasteiger partial charge in [0.15, 0.2) is 0 Å². The summed E-state index contributed by atoms with van der Waals surface area (Å²) in [6.45, 7) is 2.75. The summed E-state index contributed by atoms with van der Waals surface area (Å²) in [7, 11) is 0. The molecule has 116 valence electrons. The Morgan fingerprint density at radius 1 is 1.19 bits per heavy atom. The summed E-state index contributed by atoms with van der Waals surface area (Å²) >= 11 is 1.61. The maximum absolute atomic E-state index is 12.9. The van der Waals surface area contributed by atoms with Gasteiger partial charge in [0.2, 0.25) is 5.91 Å². The molecule has 0 atom stereocenters. The SMILES string of the molecule is O=C(NCc1nccs1)C1(N2CCCCC2)CCCCC1. The summed E-state index contributed by atoms with van der Waals surface area (Å²) in [5, 5.41) is 6.11. The Hall–Kier alpha value is -0.940. The molecule has 1 aromatic rings. The van der Waals surface area contributed by atoms with E-state index in [1.807, 2.05) is 5.38 Å². The molecule has 5 heteroatoms. The molecule has 2 fully saturated rings. The maximum atomic E-state index is 12.9. The van der Waals surface area contributed by atoms with E-state index < -0.39 is 0 Å². The number of rotatable bonds is 4. The first-order valence-electron chi connectivity index (χ1n) is 8.23. The number of carbonyl (C=O) groups excluding carboxylic acids is 1. The number of thiazole rings is 1. The highest BCUT2D eigenvalue weighted by molar-refractivity contribution is 7.09. The summed E-state index contributed by atoms with van der Waals surface area (Å²) in [6.07, 6.45) is 11.3. The average molecular weight is 307 g/mol. The van der Waals surface area contributed by atoms with Crippen molar-refractivity contribution in [2.24, 2.45) is 0 Å². The highest BCUT2D eigenvalue weighted by Gasteiger charge is 2.44. The minimum atomic E-state index is -0.240. The lowest BCUT2D eigenvalue weighted by atomic mass is 9.78. The van der Waals surface area contributed by atoms with Crippen LogP contribution in [0, 0.1) is 0 Å². The van der Waals surface area contributed by atoms with Crippen LogP contribution in [-0.4, -0.2) is 34.4 Å². The molecule has 3 rings (SSSR count). The van der Waals surface area contributed by atoms with Gasteiger partial charge in [0.1, 0.15) is 10.5 Å². The molecule has 1 amide bonds. The van der Waals surface area contributed by atoms with Crippen LogP contribution in [0.1, 0.15) is 56.4 Å². The normalized spacial score (nSPS) is 22.9. The van der Waals surface area contributed by atoms with Crippen LogP contribution in [0.25, 0.3) is 0 Å². The molecular weight excluding hydrogens is 282 g/mol. The number of hydrogen-bond donors (Lipinski definition) is 1. The van der Waals surface area contributed by atoms with Crippen molar-refractivity contribution >= 4 is 17.2 Å². The number of nitrogens with zero attached hydrogens (tertiary/aromatic N) is 2. The number of hydrogen-bond acceptors (Lipinski definition) is 4. The van der Waals surface area contributed by atoms with Gasteiger partial charge in [-0.3, -0.25) is 9.69 Å². The molecule has 4 nitrogen and oxygen atoms in total. The van der Waals surface area contributed by atoms with Gasteiger partial charge in [0.25, 0.3) is 0 Å². The summed E-state index contributed by atoms with van der Waals surface area (Å²) in [6, 6.07) is 0. The van der Waals surface area contributed by atoms with E-state index in [9.17, 15) is 4.79 Å². The van der Waals surface area contributed by atoms with Crippen molar-refractivity contribution in [2.45, 2.75) is 63.5 Å². The summed E-state index contributed by atoms with van der Waals surface area (Å²) in [5.74, 6) is 0.235. The Kier molecular flexibility index (Phi) is 4.91. The second kappa shape index (κ2) is 6.88. The zero-order valence-electron chi connectivity index (χ0n) is 12.6. The van der Waals surface area contributed by atoms with Crippen LogP contribution in [0.5, 0.6) is 0 Å². The van der Waals surface area contributed by atoms with Gasteiger partial charge in [-0.1, -0.05) is 25.7 Å². The predicted molar refractivity (Wildman–Crippen MR) is 85.2 cm³/mol. The third-order valence-corrected chi connectivity index (χ3v) is 5.73. The first-order chi connectivity index (χ1) is 10.3. The van der Waals surface area contributed by atoms with Crippen molar-refractivity contribution in [3.05, 3.63) is 16.6 Å². The van der Waals surface area contributed by atoms with Gasteiger partial charge < -0.3 is 5.32 Å². The lowest BCUT2D eigenvalue weighted by Gasteiger charge is -2.46. The van der Waals surface area contributed by atoms with Crippen molar-refractivity contribution in [3.63, 3.8) is 0 Å². The number of likely N-dealkylation sites (tertiary alicyclic amines) is 1. The molecule has 0 bridgehead atoms. The van der Waals surface area contributed by atoms with E-state index >= 15 is 0 Å². The van der Waals surface area contributed by atoms with Gasteiger partial charge in [0, 0.05) is 11.6 Å². The second-order valence-corrected chi connectivity index (χ2v) is 7.23. The van der Waals surface area contributed by atoms with Crippen LogP contribution >= 0.6 is 11.3 Å². The Morgan fingerprint density at radius 2 is 1.90 bits per heavy atom. The predicted octanol–water partition coefficient (Wildman–Crippen LogP) is 2.95. The quantitative estimate of drug-likeness (QED) is 0.930. The largest absolute Gasteiger partial charge is 0.348 e. The van der Waals surface area contributed by atoms with Crippen LogP contribution in [0.3, 0.4) is 0 Å². The van der Waals surface area contributed by atoms with Crippen LogP contribution < -0.4 is 5.32 Å². The van der Waals surface area contributed by atoms with Crippen molar-refractivity contribution < 1.29 is 4.79 Å². The molecule has 1 aliphatic heterocycles. The van der Waals surface area contributed by atoms with Gasteiger partial charge in [-0.15, -0.1) is 11.3 Å². The van der Waals surface area contributed by atoms with E-state index in [0.717, 1.165) is 30.9 Å². The lowest BCUT2D eigenvalue weighted by Crippen LogP contribution is -2.60. The van der Waals surface area contributed by atoms with Crippen molar-refractivity contribution in [3.8, 4) is 0 Å². The monoisotopic (exact) mass is 307 g/mol. The molecule has 1 aliphatic carbocycles. The number of amides is 1. The van der Waals surface area contributed by atoms with Crippen LogP contribution in [-0.2, 0) is 11.3 Å². The fourth-order valence-corrected chi connectivity index (χ4v) is 4.36. The second-order valence-electron chi connectivity index (χ2n) is 6.25. The molecule has 0 aromatic carbocycles. The highest BCUT2D eigenvalue weighted by Crippen LogP contribution is 2.35. The minimum absolute atomic E-state index is 0.235. The van der Waals surface area contributed by atoms with Gasteiger partial charge in [-0.25, -0.2) is 4.98 Å². The van der Waals surface area contributed by atoms with E-state index in [1.165, 1.54) is 38.5 Å². The molecule has 1 saturated heterocycles. The van der Waals surface area contributed by atoms with Gasteiger partial charge in [-0.05, 0) is 38.8 Å². The summed E-state index contributed by atoms with van der Waals surface area (Å²) < 4.78 is 0. The molecule has 21 heavy (non-hydrogen) atoms. The molecule has 0 radical (unpaired) electrons. The zero-order valence-corrected chi connectivity index (χ0v) is 13.5. The van der Waals surface area contributed by atoms with E-state index in [2.05, 4.69) is 15.2 Å². The zero-order chi connectivity index (χ0) is 14.5. The first-order valence-corrected chi connectivity index (χ1v) is 9.11. The first kappa shape index (κ1) is 15.0. The Bertz CT molecular complexity index is 448. The van der Waals surface area contributed by atoms with E-state index in [1.54, 1.807) is 17.5 Å². The molecule has 2 heterocycles. The molecule has 1 aromatic heterocycles. The highest BCUT2D eigenvalue weighted by atomic mass is 32.1. The van der Waals surface area contributed by atoms with Gasteiger partial charge in [0.05, 0.1) is 6.54 Å². The minimum Gasteiger partial charge on any atom is -0.348 e. The Morgan fingerprint density at radius 3 is 2.57 bits per heavy atom. The van der Waals surface area contributed by atoms with E-state index in [0.29, 0.717) is 6.54 Å². The van der Waals surface area contributed by atoms with Crippen LogP contribution in [0.15, 0.2) is 11.6 Å². The third-order valence-electron chi connectivity index (χ3n) is 4.95. The maximum Gasteiger partial charge on any atom is 0.240 e. The van der Waals surface area contributed by atoms with Gasteiger partial charge >= 0.3 is 0 Å². The Labute approximate surface area is 130 Å². The van der Waals surface area contributed by atoms with Crippen molar-refractivity contribution in [1.29, 1.82) is 0 Å². The standard InChI is InChI=1S/C16H25N3OS/c20-15(18-13-14-17-9-12-21-14)16(7-3-1-4-8-16)19-10-5-2-6-11-19/h9,12H,1-8,10-11,13H2,(H,18,20). The van der Waals surface area contributed by atoms with Gasteiger partial charge in [-0.2, -0.15) is 0 Å². The summed E-state index contributed by atoms with van der Waals surface area (Å²) in [4.78, 5) is 19.7. The number of aromatic nitrogens is 1. The molecule has 1 N–H and O–H groups in total. The molecular formula is C16H25N3OS. The number of carbonyl (C=O) groups is 1. The Balaban J connectivity index is 1.69. The average Bonchev–Trinajstić information content (AvgIpc) is 3.07. The smallest absolute Gasteiger partial charge is 0.240 e. The molecule has 1 saturated carbocycles. The topological polar surface area (TPSA) is 45.2 Å². The fraction of sp³-hybridized carbons (Fsp3) is 0.750. The third kappa shape index (κ3) is 3.29. The van der Waals surface area contributed by atoms with Crippen LogP contribution in [0.2, 0.25) is 0 Å². The fourth-order valence-electron chi connectivity index (χ4n) is 3.81. The molecule has 2 aliphatic rings. The molecule has 0 spiro atoms. The molecule has 0 unspecified atom stereocenters. The summed E-state index contributed by atoms with van der Waals surface area (Å²) in [5.41, 5.74) is -0.240. The van der Waals surface area contributed by atoms with Crippen molar-refractivity contribution in [2.75, 3.05) is 13.1 Å². The van der Waals surface area contributed by atoms with Crippen LogP contribution in [0.4, 0.5) is 0 Å². The number of nitrogens with one attached hydrogen (secondary N) is 1.